The first-order chi connectivity index (χ1) is 11.8. The van der Waals surface area contributed by atoms with Gasteiger partial charge in [-0.2, -0.15) is 0 Å². The van der Waals surface area contributed by atoms with Gasteiger partial charge in [0.25, 0.3) is 5.91 Å². The molecule has 0 aliphatic carbocycles. The molecule has 0 saturated carbocycles. The van der Waals surface area contributed by atoms with E-state index in [1.54, 1.807) is 0 Å². The van der Waals surface area contributed by atoms with Crippen LogP contribution in [-0.2, 0) is 6.54 Å². The monoisotopic (exact) mass is 323 g/mol. The summed E-state index contributed by atoms with van der Waals surface area (Å²) >= 11 is 0. The maximum Gasteiger partial charge on any atom is 0.253 e. The second-order valence-electron chi connectivity index (χ2n) is 6.09. The second kappa shape index (κ2) is 7.97. The van der Waals surface area contributed by atoms with Crippen LogP contribution in [0.25, 0.3) is 0 Å². The molecule has 24 heavy (non-hydrogen) atoms. The molecular weight excluding hydrogens is 298 g/mol. The minimum atomic E-state index is 0.137. The summed E-state index contributed by atoms with van der Waals surface area (Å²) in [6, 6.07) is 18.4. The third kappa shape index (κ3) is 3.95. The Hall–Kier alpha value is -2.33. The van der Waals surface area contributed by atoms with Crippen LogP contribution in [0, 0.1) is 0 Å². The molecule has 1 amide bonds. The minimum absolute atomic E-state index is 0.137. The summed E-state index contributed by atoms with van der Waals surface area (Å²) in [7, 11) is 0. The van der Waals surface area contributed by atoms with Crippen LogP contribution in [0.15, 0.2) is 54.6 Å². The largest absolute Gasteiger partial charge is 0.368 e. The fourth-order valence-corrected chi connectivity index (χ4v) is 3.02. The molecule has 0 unspecified atom stereocenters. The average Bonchev–Trinajstić information content (AvgIpc) is 2.67. The number of piperazine rings is 1. The van der Waals surface area contributed by atoms with E-state index < -0.39 is 0 Å². The number of anilines is 1. The molecule has 4 nitrogen and oxygen atoms in total. The number of carbonyl (C=O) groups excluding carboxylic acids is 1. The van der Waals surface area contributed by atoms with Crippen LogP contribution in [0.2, 0.25) is 0 Å². The Morgan fingerprint density at radius 1 is 0.958 bits per heavy atom. The number of nitrogens with zero attached hydrogens (tertiary/aromatic N) is 2. The Labute approximate surface area is 144 Å². The molecular formula is C20H25N3O. The number of nitrogens with one attached hydrogen (secondary N) is 1. The van der Waals surface area contributed by atoms with Crippen molar-refractivity contribution in [3.8, 4) is 0 Å². The zero-order chi connectivity index (χ0) is 16.8. The Morgan fingerprint density at radius 3 is 2.25 bits per heavy atom. The van der Waals surface area contributed by atoms with Gasteiger partial charge in [0.2, 0.25) is 0 Å². The first kappa shape index (κ1) is 16.5. The first-order valence-electron chi connectivity index (χ1n) is 8.67. The predicted molar refractivity (Wildman–Crippen MR) is 98.4 cm³/mol. The SMILES string of the molecule is CCNCc1ccc(C(=O)N2CCN(c3ccccc3)CC2)cc1. The van der Waals surface area contributed by atoms with Crippen molar-refractivity contribution in [1.29, 1.82) is 0 Å². The minimum Gasteiger partial charge on any atom is -0.368 e. The van der Waals surface area contributed by atoms with Gasteiger partial charge in [-0.3, -0.25) is 4.79 Å². The standard InChI is InChI=1S/C20H25N3O/c1-2-21-16-17-8-10-18(11-9-17)20(24)23-14-12-22(13-15-23)19-6-4-3-5-7-19/h3-11,21H,2,12-16H2,1H3. The summed E-state index contributed by atoms with van der Waals surface area (Å²) in [6.45, 7) is 7.20. The van der Waals surface area contributed by atoms with Crippen LogP contribution in [0.5, 0.6) is 0 Å². The molecule has 1 aliphatic heterocycles. The lowest BCUT2D eigenvalue weighted by atomic mass is 10.1. The summed E-state index contributed by atoms with van der Waals surface area (Å²) in [5.74, 6) is 0.137. The molecule has 0 spiro atoms. The molecule has 4 heteroatoms. The first-order valence-corrected chi connectivity index (χ1v) is 8.67. The van der Waals surface area contributed by atoms with E-state index in [4.69, 9.17) is 0 Å². The number of benzene rings is 2. The van der Waals surface area contributed by atoms with E-state index in [0.29, 0.717) is 0 Å². The molecule has 1 heterocycles. The molecule has 0 aromatic heterocycles. The van der Waals surface area contributed by atoms with Gasteiger partial charge in [-0.05, 0) is 36.4 Å². The Kier molecular flexibility index (Phi) is 5.49. The summed E-state index contributed by atoms with van der Waals surface area (Å²) in [4.78, 5) is 17.0. The van der Waals surface area contributed by atoms with Crippen LogP contribution >= 0.6 is 0 Å². The van der Waals surface area contributed by atoms with Crippen molar-refractivity contribution >= 4 is 11.6 Å². The summed E-state index contributed by atoms with van der Waals surface area (Å²) < 4.78 is 0. The number of carbonyl (C=O) groups is 1. The third-order valence-corrected chi connectivity index (χ3v) is 4.47. The van der Waals surface area contributed by atoms with Crippen LogP contribution in [0.3, 0.4) is 0 Å². The number of amides is 1. The van der Waals surface area contributed by atoms with E-state index in [2.05, 4.69) is 41.4 Å². The Morgan fingerprint density at radius 2 is 1.62 bits per heavy atom. The number of para-hydroxylation sites is 1. The van der Waals surface area contributed by atoms with Crippen molar-refractivity contribution in [3.05, 3.63) is 65.7 Å². The second-order valence-corrected chi connectivity index (χ2v) is 6.09. The highest BCUT2D eigenvalue weighted by Crippen LogP contribution is 2.17. The topological polar surface area (TPSA) is 35.6 Å². The van der Waals surface area contributed by atoms with Crippen molar-refractivity contribution < 1.29 is 4.79 Å². The molecule has 1 aliphatic rings. The normalized spacial score (nSPS) is 14.7. The van der Waals surface area contributed by atoms with Gasteiger partial charge in [-0.15, -0.1) is 0 Å². The molecule has 2 aromatic rings. The zero-order valence-corrected chi connectivity index (χ0v) is 14.2. The molecule has 0 radical (unpaired) electrons. The van der Waals surface area contributed by atoms with Crippen molar-refractivity contribution in [2.24, 2.45) is 0 Å². The maximum absolute atomic E-state index is 12.7. The van der Waals surface area contributed by atoms with Crippen LogP contribution in [0.4, 0.5) is 5.69 Å². The van der Waals surface area contributed by atoms with Gasteiger partial charge in [-0.1, -0.05) is 37.3 Å². The van der Waals surface area contributed by atoms with Crippen molar-refractivity contribution in [3.63, 3.8) is 0 Å². The van der Waals surface area contributed by atoms with E-state index in [1.807, 2.05) is 35.2 Å². The van der Waals surface area contributed by atoms with E-state index >= 15 is 0 Å². The molecule has 1 saturated heterocycles. The highest BCUT2D eigenvalue weighted by Gasteiger charge is 2.22. The zero-order valence-electron chi connectivity index (χ0n) is 14.2. The highest BCUT2D eigenvalue weighted by molar-refractivity contribution is 5.94. The number of rotatable bonds is 5. The van der Waals surface area contributed by atoms with Crippen LogP contribution < -0.4 is 10.2 Å². The van der Waals surface area contributed by atoms with Crippen molar-refractivity contribution in [2.75, 3.05) is 37.6 Å². The maximum atomic E-state index is 12.7. The number of hydrogen-bond donors (Lipinski definition) is 1. The van der Waals surface area contributed by atoms with E-state index in [0.717, 1.165) is 44.8 Å². The van der Waals surface area contributed by atoms with E-state index in [1.165, 1.54) is 11.3 Å². The lowest BCUT2D eigenvalue weighted by Gasteiger charge is -2.36. The van der Waals surface area contributed by atoms with Crippen molar-refractivity contribution in [2.45, 2.75) is 13.5 Å². The fourth-order valence-electron chi connectivity index (χ4n) is 3.02. The van der Waals surface area contributed by atoms with Gasteiger partial charge < -0.3 is 15.1 Å². The lowest BCUT2D eigenvalue weighted by Crippen LogP contribution is -2.48. The molecule has 2 aromatic carbocycles. The van der Waals surface area contributed by atoms with Crippen molar-refractivity contribution in [1.82, 2.24) is 10.2 Å². The van der Waals surface area contributed by atoms with Crippen LogP contribution in [-0.4, -0.2) is 43.5 Å². The molecule has 1 fully saturated rings. The molecule has 0 atom stereocenters. The summed E-state index contributed by atoms with van der Waals surface area (Å²) in [5.41, 5.74) is 3.23. The molecule has 0 bridgehead atoms. The average molecular weight is 323 g/mol. The Bertz CT molecular complexity index is 646. The molecule has 126 valence electrons. The quantitative estimate of drug-likeness (QED) is 0.919. The fraction of sp³-hybridized carbons (Fsp3) is 0.350. The summed E-state index contributed by atoms with van der Waals surface area (Å²) in [5, 5.41) is 3.30. The Balaban J connectivity index is 1.57. The van der Waals surface area contributed by atoms with Gasteiger partial charge in [-0.25, -0.2) is 0 Å². The van der Waals surface area contributed by atoms with Gasteiger partial charge in [0.05, 0.1) is 0 Å². The van der Waals surface area contributed by atoms with Gasteiger partial charge in [0.1, 0.15) is 0 Å². The van der Waals surface area contributed by atoms with E-state index in [9.17, 15) is 4.79 Å². The summed E-state index contributed by atoms with van der Waals surface area (Å²) in [6.07, 6.45) is 0. The number of hydrogen-bond acceptors (Lipinski definition) is 3. The lowest BCUT2D eigenvalue weighted by molar-refractivity contribution is 0.0747. The highest BCUT2D eigenvalue weighted by atomic mass is 16.2. The van der Waals surface area contributed by atoms with Gasteiger partial charge >= 0.3 is 0 Å². The van der Waals surface area contributed by atoms with Gasteiger partial charge in [0.15, 0.2) is 0 Å². The predicted octanol–water partition coefficient (Wildman–Crippen LogP) is 2.76. The molecule has 3 rings (SSSR count). The van der Waals surface area contributed by atoms with E-state index in [-0.39, 0.29) is 5.91 Å². The van der Waals surface area contributed by atoms with Gasteiger partial charge in [0, 0.05) is 44.0 Å². The van der Waals surface area contributed by atoms with Crippen LogP contribution in [0.1, 0.15) is 22.8 Å². The smallest absolute Gasteiger partial charge is 0.253 e. The third-order valence-electron chi connectivity index (χ3n) is 4.47. The molecule has 1 N–H and O–H groups in total.